The van der Waals surface area contributed by atoms with Crippen LogP contribution in [0, 0.1) is 0 Å². The van der Waals surface area contributed by atoms with E-state index in [1.165, 1.54) is 6.42 Å². The molecule has 0 aliphatic carbocycles. The standard InChI is InChI=1S/C16H21ClN4O/c1-10(18)14-4-2-3-7-21(14)9-15-19-13-6-5-11(17)8-12(13)16(22)20-15/h5-6,8,10,14H,2-4,7,9,18H2,1H3,(H,19,20,22). The van der Waals surface area contributed by atoms with Gasteiger partial charge in [0.05, 0.1) is 17.4 Å². The molecular formula is C16H21ClN4O. The number of nitrogens with zero attached hydrogens (tertiary/aromatic N) is 2. The second-order valence-corrected chi connectivity index (χ2v) is 6.50. The maximum atomic E-state index is 12.2. The van der Waals surface area contributed by atoms with Gasteiger partial charge in [-0.15, -0.1) is 0 Å². The number of rotatable bonds is 3. The van der Waals surface area contributed by atoms with E-state index >= 15 is 0 Å². The summed E-state index contributed by atoms with van der Waals surface area (Å²) in [5.41, 5.74) is 6.64. The fourth-order valence-electron chi connectivity index (χ4n) is 3.24. The Morgan fingerprint density at radius 1 is 1.50 bits per heavy atom. The van der Waals surface area contributed by atoms with Crippen LogP contribution in [0.25, 0.3) is 10.9 Å². The zero-order valence-electron chi connectivity index (χ0n) is 12.7. The molecule has 1 aliphatic heterocycles. The summed E-state index contributed by atoms with van der Waals surface area (Å²) in [6, 6.07) is 5.66. The molecule has 0 bridgehead atoms. The lowest BCUT2D eigenvalue weighted by Crippen LogP contribution is -2.48. The van der Waals surface area contributed by atoms with Gasteiger partial charge in [-0.2, -0.15) is 0 Å². The number of piperidine rings is 1. The van der Waals surface area contributed by atoms with Crippen LogP contribution in [0.3, 0.4) is 0 Å². The molecule has 3 rings (SSSR count). The van der Waals surface area contributed by atoms with E-state index in [0.717, 1.165) is 19.4 Å². The second kappa shape index (κ2) is 6.36. The highest BCUT2D eigenvalue weighted by Crippen LogP contribution is 2.21. The summed E-state index contributed by atoms with van der Waals surface area (Å²) < 4.78 is 0. The Balaban J connectivity index is 1.90. The molecule has 1 aliphatic rings. The van der Waals surface area contributed by atoms with Gasteiger partial charge in [-0.25, -0.2) is 4.98 Å². The molecule has 6 heteroatoms. The second-order valence-electron chi connectivity index (χ2n) is 6.07. The number of halogens is 1. The highest BCUT2D eigenvalue weighted by molar-refractivity contribution is 6.31. The van der Waals surface area contributed by atoms with E-state index in [-0.39, 0.29) is 11.6 Å². The number of aromatic nitrogens is 2. The minimum absolute atomic E-state index is 0.117. The number of H-pyrrole nitrogens is 1. The van der Waals surface area contributed by atoms with Crippen molar-refractivity contribution < 1.29 is 0 Å². The predicted octanol–water partition coefficient (Wildman–Crippen LogP) is 2.28. The number of benzene rings is 1. The summed E-state index contributed by atoms with van der Waals surface area (Å²) in [4.78, 5) is 22.0. The smallest absolute Gasteiger partial charge is 0.258 e. The molecule has 22 heavy (non-hydrogen) atoms. The lowest BCUT2D eigenvalue weighted by atomic mass is 9.97. The highest BCUT2D eigenvalue weighted by atomic mass is 35.5. The Morgan fingerprint density at radius 2 is 2.32 bits per heavy atom. The van der Waals surface area contributed by atoms with Crippen molar-refractivity contribution in [2.45, 2.75) is 44.8 Å². The maximum Gasteiger partial charge on any atom is 0.258 e. The van der Waals surface area contributed by atoms with E-state index < -0.39 is 0 Å². The predicted molar refractivity (Wildman–Crippen MR) is 89.1 cm³/mol. The first kappa shape index (κ1) is 15.5. The van der Waals surface area contributed by atoms with Gasteiger partial charge in [-0.3, -0.25) is 9.69 Å². The van der Waals surface area contributed by atoms with Crippen molar-refractivity contribution in [3.05, 3.63) is 39.4 Å². The molecule has 118 valence electrons. The number of hydrogen-bond donors (Lipinski definition) is 2. The van der Waals surface area contributed by atoms with Gasteiger partial charge in [0.1, 0.15) is 5.82 Å². The molecule has 1 saturated heterocycles. The van der Waals surface area contributed by atoms with Crippen LogP contribution in [0.15, 0.2) is 23.0 Å². The number of nitrogens with two attached hydrogens (primary N) is 1. The van der Waals surface area contributed by atoms with Crippen molar-refractivity contribution in [3.63, 3.8) is 0 Å². The molecule has 2 aromatic rings. The van der Waals surface area contributed by atoms with E-state index in [4.69, 9.17) is 17.3 Å². The van der Waals surface area contributed by atoms with Crippen LogP contribution in [0.2, 0.25) is 5.02 Å². The molecule has 2 unspecified atom stereocenters. The van der Waals surface area contributed by atoms with Crippen LogP contribution in [-0.4, -0.2) is 33.5 Å². The van der Waals surface area contributed by atoms with Gasteiger partial charge >= 0.3 is 0 Å². The molecule has 1 aromatic carbocycles. The fourth-order valence-corrected chi connectivity index (χ4v) is 3.41. The molecule has 2 atom stereocenters. The zero-order chi connectivity index (χ0) is 15.7. The SMILES string of the molecule is CC(N)C1CCCCN1Cc1nc2ccc(Cl)cc2c(=O)[nH]1. The average Bonchev–Trinajstić information content (AvgIpc) is 2.48. The minimum atomic E-state index is -0.142. The molecule has 0 radical (unpaired) electrons. The number of hydrogen-bond acceptors (Lipinski definition) is 4. The van der Waals surface area contributed by atoms with E-state index in [1.54, 1.807) is 18.2 Å². The Hall–Kier alpha value is -1.43. The molecule has 2 heterocycles. The molecule has 0 amide bonds. The summed E-state index contributed by atoms with van der Waals surface area (Å²) in [5, 5.41) is 1.07. The first-order valence-corrected chi connectivity index (χ1v) is 8.10. The molecule has 3 N–H and O–H groups in total. The third-order valence-corrected chi connectivity index (χ3v) is 4.58. The van der Waals surface area contributed by atoms with Crippen molar-refractivity contribution in [2.75, 3.05) is 6.54 Å². The maximum absolute atomic E-state index is 12.2. The zero-order valence-corrected chi connectivity index (χ0v) is 13.4. The van der Waals surface area contributed by atoms with Gasteiger partial charge in [-0.1, -0.05) is 18.0 Å². The van der Waals surface area contributed by atoms with Crippen LogP contribution < -0.4 is 11.3 Å². The lowest BCUT2D eigenvalue weighted by molar-refractivity contribution is 0.120. The first-order chi connectivity index (χ1) is 10.5. The Morgan fingerprint density at radius 3 is 3.09 bits per heavy atom. The van der Waals surface area contributed by atoms with Gasteiger partial charge < -0.3 is 10.7 Å². The van der Waals surface area contributed by atoms with E-state index in [1.807, 2.05) is 6.92 Å². The third kappa shape index (κ3) is 3.16. The number of likely N-dealkylation sites (tertiary alicyclic amines) is 1. The van der Waals surface area contributed by atoms with Crippen LogP contribution in [0.4, 0.5) is 0 Å². The topological polar surface area (TPSA) is 75.0 Å². The summed E-state index contributed by atoms with van der Waals surface area (Å²) in [7, 11) is 0. The lowest BCUT2D eigenvalue weighted by Gasteiger charge is -2.37. The van der Waals surface area contributed by atoms with Crippen molar-refractivity contribution in [1.82, 2.24) is 14.9 Å². The first-order valence-electron chi connectivity index (χ1n) is 7.72. The summed E-state index contributed by atoms with van der Waals surface area (Å²) >= 11 is 5.94. The summed E-state index contributed by atoms with van der Waals surface area (Å²) in [6.07, 6.45) is 3.48. The largest absolute Gasteiger partial charge is 0.327 e. The summed E-state index contributed by atoms with van der Waals surface area (Å²) in [5.74, 6) is 0.687. The van der Waals surface area contributed by atoms with E-state index in [2.05, 4.69) is 14.9 Å². The number of fused-ring (bicyclic) bond motifs is 1. The summed E-state index contributed by atoms with van der Waals surface area (Å²) in [6.45, 7) is 3.66. The highest BCUT2D eigenvalue weighted by Gasteiger charge is 2.26. The van der Waals surface area contributed by atoms with E-state index in [0.29, 0.717) is 34.3 Å². The minimum Gasteiger partial charge on any atom is -0.327 e. The van der Waals surface area contributed by atoms with Crippen molar-refractivity contribution in [2.24, 2.45) is 5.73 Å². The van der Waals surface area contributed by atoms with Crippen LogP contribution in [0.5, 0.6) is 0 Å². The molecule has 0 spiro atoms. The van der Waals surface area contributed by atoms with Crippen LogP contribution in [-0.2, 0) is 6.54 Å². The Labute approximate surface area is 134 Å². The van der Waals surface area contributed by atoms with Crippen LogP contribution in [0.1, 0.15) is 32.0 Å². The third-order valence-electron chi connectivity index (χ3n) is 4.34. The Kier molecular flexibility index (Phi) is 4.47. The number of nitrogens with one attached hydrogen (secondary N) is 1. The Bertz CT molecular complexity index is 728. The number of aromatic amines is 1. The van der Waals surface area contributed by atoms with Crippen molar-refractivity contribution in [3.8, 4) is 0 Å². The van der Waals surface area contributed by atoms with Crippen molar-refractivity contribution in [1.29, 1.82) is 0 Å². The monoisotopic (exact) mass is 320 g/mol. The average molecular weight is 321 g/mol. The van der Waals surface area contributed by atoms with Gasteiger partial charge in [-0.05, 0) is 44.5 Å². The van der Waals surface area contributed by atoms with Crippen LogP contribution >= 0.6 is 11.6 Å². The molecule has 1 aromatic heterocycles. The van der Waals surface area contributed by atoms with Gasteiger partial charge in [0, 0.05) is 17.1 Å². The van der Waals surface area contributed by atoms with Crippen molar-refractivity contribution >= 4 is 22.5 Å². The van der Waals surface area contributed by atoms with Gasteiger partial charge in [0.2, 0.25) is 0 Å². The quantitative estimate of drug-likeness (QED) is 0.909. The molecule has 0 saturated carbocycles. The van der Waals surface area contributed by atoms with Gasteiger partial charge in [0.15, 0.2) is 0 Å². The normalized spacial score (nSPS) is 21.1. The fraction of sp³-hybridized carbons (Fsp3) is 0.500. The van der Waals surface area contributed by atoms with E-state index in [9.17, 15) is 4.79 Å². The molecule has 5 nitrogen and oxygen atoms in total. The van der Waals surface area contributed by atoms with Gasteiger partial charge in [0.25, 0.3) is 5.56 Å². The molecular weight excluding hydrogens is 300 g/mol. The molecule has 1 fully saturated rings.